The maximum Gasteiger partial charge on any atom is 0.160 e. The van der Waals surface area contributed by atoms with Crippen LogP contribution in [0.15, 0.2) is 53.6 Å². The SMILES string of the molecule is N=C1C(c2nc(-c3ccc(F)cc3)cs2)=C(O)CN1c1ccc(F)c(F)c1. The van der Waals surface area contributed by atoms with E-state index in [1.807, 2.05) is 0 Å². The van der Waals surface area contributed by atoms with Gasteiger partial charge < -0.3 is 10.0 Å². The highest BCUT2D eigenvalue weighted by molar-refractivity contribution is 7.11. The molecule has 0 fully saturated rings. The summed E-state index contributed by atoms with van der Waals surface area (Å²) in [7, 11) is 0. The predicted octanol–water partition coefficient (Wildman–Crippen LogP) is 4.99. The van der Waals surface area contributed by atoms with Gasteiger partial charge in [0.2, 0.25) is 0 Å². The number of aromatic nitrogens is 1. The van der Waals surface area contributed by atoms with Crippen molar-refractivity contribution in [3.05, 3.63) is 76.1 Å². The van der Waals surface area contributed by atoms with Crippen LogP contribution < -0.4 is 4.90 Å². The van der Waals surface area contributed by atoms with Crippen molar-refractivity contribution in [1.82, 2.24) is 4.98 Å². The normalized spacial score (nSPS) is 14.3. The van der Waals surface area contributed by atoms with Gasteiger partial charge >= 0.3 is 0 Å². The van der Waals surface area contributed by atoms with E-state index in [2.05, 4.69) is 4.98 Å². The topological polar surface area (TPSA) is 60.2 Å². The summed E-state index contributed by atoms with van der Waals surface area (Å²) in [5.74, 6) is -2.50. The lowest BCUT2D eigenvalue weighted by molar-refractivity contribution is 0.411. The van der Waals surface area contributed by atoms with Gasteiger partial charge in [0.25, 0.3) is 0 Å². The maximum absolute atomic E-state index is 13.5. The molecule has 0 radical (unpaired) electrons. The van der Waals surface area contributed by atoms with Crippen molar-refractivity contribution in [2.75, 3.05) is 11.4 Å². The summed E-state index contributed by atoms with van der Waals surface area (Å²) in [4.78, 5) is 5.80. The minimum absolute atomic E-state index is 0.0370. The van der Waals surface area contributed by atoms with Gasteiger partial charge in [-0.05, 0) is 36.4 Å². The van der Waals surface area contributed by atoms with E-state index in [9.17, 15) is 18.3 Å². The Morgan fingerprint density at radius 1 is 1.04 bits per heavy atom. The van der Waals surface area contributed by atoms with Gasteiger partial charge in [-0.25, -0.2) is 18.2 Å². The smallest absolute Gasteiger partial charge is 0.160 e. The quantitative estimate of drug-likeness (QED) is 0.665. The summed E-state index contributed by atoms with van der Waals surface area (Å²) in [5.41, 5.74) is 1.80. The van der Waals surface area contributed by atoms with Crippen LogP contribution in [0.2, 0.25) is 0 Å². The number of nitrogens with one attached hydrogen (secondary N) is 1. The third-order valence-corrected chi connectivity index (χ3v) is 5.04. The molecule has 0 aliphatic carbocycles. The molecule has 4 rings (SSSR count). The molecule has 0 saturated carbocycles. The standard InChI is InChI=1S/C19H12F3N3OS/c20-11-3-1-10(2-4-11)15-9-27-19(24-15)17-16(26)8-25(18(17)23)12-5-6-13(21)14(22)7-12/h1-7,9,23,26H,8H2. The van der Waals surface area contributed by atoms with E-state index in [1.165, 1.54) is 34.4 Å². The Hall–Kier alpha value is -3.13. The molecule has 3 aromatic rings. The molecular weight excluding hydrogens is 375 g/mol. The Bertz CT molecular complexity index is 1080. The van der Waals surface area contributed by atoms with Crippen molar-refractivity contribution in [3.63, 3.8) is 0 Å². The Morgan fingerprint density at radius 2 is 1.78 bits per heavy atom. The zero-order valence-electron chi connectivity index (χ0n) is 13.7. The van der Waals surface area contributed by atoms with Crippen LogP contribution in [-0.4, -0.2) is 22.5 Å². The van der Waals surface area contributed by atoms with E-state index in [4.69, 9.17) is 5.41 Å². The Morgan fingerprint density at radius 3 is 2.48 bits per heavy atom. The largest absolute Gasteiger partial charge is 0.510 e. The molecule has 4 nitrogen and oxygen atoms in total. The second-order valence-corrected chi connectivity index (χ2v) is 6.76. The van der Waals surface area contributed by atoms with Gasteiger partial charge in [-0.3, -0.25) is 5.41 Å². The molecule has 0 spiro atoms. The highest BCUT2D eigenvalue weighted by atomic mass is 32.1. The summed E-state index contributed by atoms with van der Waals surface area (Å²) < 4.78 is 39.7. The highest BCUT2D eigenvalue weighted by Gasteiger charge is 2.31. The fraction of sp³-hybridized carbons (Fsp3) is 0.0526. The van der Waals surface area contributed by atoms with Gasteiger partial charge in [0, 0.05) is 22.7 Å². The number of hydrogen-bond acceptors (Lipinski definition) is 4. The number of hydrogen-bond donors (Lipinski definition) is 2. The third-order valence-electron chi connectivity index (χ3n) is 4.18. The number of thiazole rings is 1. The molecule has 1 aliphatic heterocycles. The van der Waals surface area contributed by atoms with Gasteiger partial charge in [-0.1, -0.05) is 0 Å². The molecule has 2 N–H and O–H groups in total. The zero-order chi connectivity index (χ0) is 19.1. The number of aliphatic hydroxyl groups excluding tert-OH is 1. The van der Waals surface area contributed by atoms with E-state index in [0.29, 0.717) is 16.3 Å². The van der Waals surface area contributed by atoms with E-state index >= 15 is 0 Å². The number of benzene rings is 2. The lowest BCUT2D eigenvalue weighted by Gasteiger charge is -2.18. The average Bonchev–Trinajstić information content (AvgIpc) is 3.22. The molecule has 0 bridgehead atoms. The fourth-order valence-electron chi connectivity index (χ4n) is 2.82. The van der Waals surface area contributed by atoms with E-state index in [0.717, 1.165) is 12.1 Å². The summed E-state index contributed by atoms with van der Waals surface area (Å²) in [5, 5.41) is 20.8. The number of halogens is 3. The van der Waals surface area contributed by atoms with Gasteiger partial charge in [0.15, 0.2) is 11.6 Å². The molecule has 0 amide bonds. The van der Waals surface area contributed by atoms with Gasteiger partial charge in [-0.2, -0.15) is 0 Å². The van der Waals surface area contributed by atoms with Crippen LogP contribution in [0.1, 0.15) is 5.01 Å². The molecule has 27 heavy (non-hydrogen) atoms. The Labute approximate surface area is 156 Å². The number of amidine groups is 1. The fourth-order valence-corrected chi connectivity index (χ4v) is 3.71. The molecule has 2 aromatic carbocycles. The van der Waals surface area contributed by atoms with Crippen LogP contribution in [-0.2, 0) is 0 Å². The molecule has 2 heterocycles. The minimum atomic E-state index is -1.03. The summed E-state index contributed by atoms with van der Waals surface area (Å²) in [6.07, 6.45) is 0. The summed E-state index contributed by atoms with van der Waals surface area (Å²) in [6.45, 7) is -0.0370. The number of anilines is 1. The number of nitrogens with zero attached hydrogens (tertiary/aromatic N) is 2. The lowest BCUT2D eigenvalue weighted by Crippen LogP contribution is -2.26. The predicted molar refractivity (Wildman–Crippen MR) is 98.5 cm³/mol. The number of aliphatic hydroxyl groups is 1. The second kappa shape index (κ2) is 6.55. The van der Waals surface area contributed by atoms with E-state index in [1.54, 1.807) is 17.5 Å². The first kappa shape index (κ1) is 17.3. The van der Waals surface area contributed by atoms with Crippen LogP contribution in [0.5, 0.6) is 0 Å². The number of rotatable bonds is 3. The average molecular weight is 387 g/mol. The molecule has 0 saturated heterocycles. The monoisotopic (exact) mass is 387 g/mol. The van der Waals surface area contributed by atoms with Crippen LogP contribution in [0.4, 0.5) is 18.9 Å². The van der Waals surface area contributed by atoms with Gasteiger partial charge in [0.05, 0.1) is 17.8 Å². The van der Waals surface area contributed by atoms with Crippen molar-refractivity contribution in [2.45, 2.75) is 0 Å². The molecule has 136 valence electrons. The lowest BCUT2D eigenvalue weighted by atomic mass is 10.2. The third kappa shape index (κ3) is 3.08. The van der Waals surface area contributed by atoms with Crippen molar-refractivity contribution in [2.24, 2.45) is 0 Å². The molecule has 8 heteroatoms. The summed E-state index contributed by atoms with van der Waals surface area (Å²) in [6, 6.07) is 9.14. The molecule has 1 aliphatic rings. The first-order valence-electron chi connectivity index (χ1n) is 7.89. The van der Waals surface area contributed by atoms with Crippen LogP contribution >= 0.6 is 11.3 Å². The molecule has 0 unspecified atom stereocenters. The van der Waals surface area contributed by atoms with Crippen molar-refractivity contribution < 1.29 is 18.3 Å². The molecule has 0 atom stereocenters. The van der Waals surface area contributed by atoms with E-state index < -0.39 is 11.6 Å². The molecule has 1 aromatic heterocycles. The van der Waals surface area contributed by atoms with Crippen LogP contribution in [0.25, 0.3) is 16.8 Å². The Balaban J connectivity index is 1.64. The van der Waals surface area contributed by atoms with E-state index in [-0.39, 0.29) is 35.2 Å². The molecular formula is C19H12F3N3OS. The van der Waals surface area contributed by atoms with Crippen molar-refractivity contribution in [1.29, 1.82) is 5.41 Å². The Kier molecular flexibility index (Phi) is 4.19. The van der Waals surface area contributed by atoms with Crippen LogP contribution in [0.3, 0.4) is 0 Å². The summed E-state index contributed by atoms with van der Waals surface area (Å²) >= 11 is 1.23. The second-order valence-electron chi connectivity index (χ2n) is 5.90. The first-order valence-corrected chi connectivity index (χ1v) is 8.77. The van der Waals surface area contributed by atoms with Gasteiger partial charge in [0.1, 0.15) is 22.4 Å². The highest BCUT2D eigenvalue weighted by Crippen LogP contribution is 2.34. The maximum atomic E-state index is 13.5. The van der Waals surface area contributed by atoms with Crippen LogP contribution in [0, 0.1) is 22.9 Å². The van der Waals surface area contributed by atoms with Crippen molar-refractivity contribution >= 4 is 28.4 Å². The van der Waals surface area contributed by atoms with Gasteiger partial charge in [-0.15, -0.1) is 11.3 Å². The zero-order valence-corrected chi connectivity index (χ0v) is 14.5. The first-order chi connectivity index (χ1) is 12.9. The van der Waals surface area contributed by atoms with Crippen molar-refractivity contribution in [3.8, 4) is 11.3 Å². The minimum Gasteiger partial charge on any atom is -0.510 e.